The molecule has 1 heterocycles. The Morgan fingerprint density at radius 3 is 2.23 bits per heavy atom. The van der Waals surface area contributed by atoms with Crippen LogP contribution in [0.25, 0.3) is 0 Å². The lowest BCUT2D eigenvalue weighted by atomic mass is 9.90. The van der Waals surface area contributed by atoms with Crippen molar-refractivity contribution in [2.45, 2.75) is 65.1 Å². The average molecular weight is 538 g/mol. The van der Waals surface area contributed by atoms with E-state index >= 15 is 0 Å². The van der Waals surface area contributed by atoms with E-state index in [0.717, 1.165) is 16.9 Å². The third kappa shape index (κ3) is 7.66. The quantitative estimate of drug-likeness (QED) is 0.435. The summed E-state index contributed by atoms with van der Waals surface area (Å²) in [5.41, 5.74) is -0.0938. The highest BCUT2D eigenvalue weighted by Gasteiger charge is 2.52. The third-order valence-electron chi connectivity index (χ3n) is 6.49. The number of likely N-dealkylation sites (tertiary alicyclic amines) is 1. The summed E-state index contributed by atoms with van der Waals surface area (Å²) in [5.74, 6) is -2.11. The summed E-state index contributed by atoms with van der Waals surface area (Å²) in [4.78, 5) is 65.1. The Balaban J connectivity index is 1.64. The lowest BCUT2D eigenvalue weighted by molar-refractivity contribution is -0.139. The molecule has 2 aromatic rings. The zero-order chi connectivity index (χ0) is 28.6. The largest absolute Gasteiger partial charge is 0.435 e. The Bertz CT molecular complexity index is 1180. The van der Waals surface area contributed by atoms with Gasteiger partial charge in [0, 0.05) is 12.0 Å². The van der Waals surface area contributed by atoms with E-state index in [2.05, 4.69) is 10.6 Å². The van der Waals surface area contributed by atoms with Gasteiger partial charge in [0.25, 0.3) is 11.8 Å². The molecular formula is C29H35N3O7. The van der Waals surface area contributed by atoms with Crippen LogP contribution in [0.1, 0.15) is 58.6 Å². The summed E-state index contributed by atoms with van der Waals surface area (Å²) in [6, 6.07) is 15.9. The normalized spacial score (nSPS) is 17.6. The molecule has 0 unspecified atom stereocenters. The molecule has 2 N–H and O–H groups in total. The second-order valence-corrected chi connectivity index (χ2v) is 10.2. The zero-order valence-corrected chi connectivity index (χ0v) is 22.6. The van der Waals surface area contributed by atoms with Gasteiger partial charge in [0.1, 0.15) is 11.8 Å². The van der Waals surface area contributed by atoms with Gasteiger partial charge in [0.2, 0.25) is 5.78 Å². The molecule has 3 rings (SSSR count). The van der Waals surface area contributed by atoms with E-state index in [0.29, 0.717) is 6.42 Å². The van der Waals surface area contributed by atoms with Crippen molar-refractivity contribution in [2.24, 2.45) is 5.41 Å². The Hall–Kier alpha value is -4.21. The van der Waals surface area contributed by atoms with Crippen LogP contribution in [0.2, 0.25) is 0 Å². The molecular weight excluding hydrogens is 502 g/mol. The summed E-state index contributed by atoms with van der Waals surface area (Å²) in [7, 11) is 0. The smallest absolute Gasteiger partial charge is 0.422 e. The van der Waals surface area contributed by atoms with Crippen LogP contribution in [0.15, 0.2) is 60.7 Å². The van der Waals surface area contributed by atoms with Crippen LogP contribution in [0.4, 0.5) is 9.59 Å². The summed E-state index contributed by atoms with van der Waals surface area (Å²) in [6.07, 6.45) is -1.69. The fourth-order valence-electron chi connectivity index (χ4n) is 4.26. The number of rotatable bonds is 10. The number of hydrogen-bond donors (Lipinski definition) is 2. The van der Waals surface area contributed by atoms with Crippen molar-refractivity contribution in [3.8, 4) is 5.75 Å². The van der Waals surface area contributed by atoms with Gasteiger partial charge in [-0.25, -0.2) is 14.5 Å². The minimum Gasteiger partial charge on any atom is -0.435 e. The number of alkyl carbamates (subject to hydrolysis) is 1. The number of benzene rings is 2. The number of amides is 4. The van der Waals surface area contributed by atoms with Crippen molar-refractivity contribution in [1.82, 2.24) is 15.5 Å². The summed E-state index contributed by atoms with van der Waals surface area (Å²) >= 11 is 0. The van der Waals surface area contributed by atoms with Gasteiger partial charge in [0.05, 0.1) is 6.04 Å². The van der Waals surface area contributed by atoms with Gasteiger partial charge in [-0.3, -0.25) is 14.4 Å². The summed E-state index contributed by atoms with van der Waals surface area (Å²) in [5, 5.41) is 5.12. The van der Waals surface area contributed by atoms with Crippen LogP contribution >= 0.6 is 0 Å². The molecule has 10 nitrogen and oxygen atoms in total. The summed E-state index contributed by atoms with van der Waals surface area (Å²) < 4.78 is 10.7. The predicted molar refractivity (Wildman–Crippen MR) is 143 cm³/mol. The summed E-state index contributed by atoms with van der Waals surface area (Å²) in [6.45, 7) is 6.99. The van der Waals surface area contributed by atoms with Crippen LogP contribution in [0.5, 0.6) is 5.75 Å². The molecule has 208 valence electrons. The number of hydrogen-bond acceptors (Lipinski definition) is 7. The molecule has 4 amide bonds. The molecule has 1 aliphatic rings. The molecule has 0 spiro atoms. The first kappa shape index (κ1) is 29.3. The molecule has 0 aliphatic carbocycles. The highest BCUT2D eigenvalue weighted by atomic mass is 16.6. The molecule has 2 aromatic carbocycles. The van der Waals surface area contributed by atoms with Crippen LogP contribution in [-0.4, -0.2) is 53.4 Å². The molecule has 3 atom stereocenters. The lowest BCUT2D eigenvalue weighted by Gasteiger charge is -2.25. The molecule has 39 heavy (non-hydrogen) atoms. The fourth-order valence-corrected chi connectivity index (χ4v) is 4.26. The molecule has 1 fully saturated rings. The van der Waals surface area contributed by atoms with Crippen LogP contribution in [0, 0.1) is 5.41 Å². The SMILES string of the molecule is CCCC[C@H](NC(=O)O[C@@H]1C(=O)N(C(=O)Oc2ccccc2)CC1(C)C)C(=O)C(=O)N[C@H](C)c1ccccc1. The first-order chi connectivity index (χ1) is 18.5. The van der Waals surface area contributed by atoms with Gasteiger partial charge in [-0.15, -0.1) is 0 Å². The lowest BCUT2D eigenvalue weighted by Crippen LogP contribution is -2.49. The van der Waals surface area contributed by atoms with Crippen molar-refractivity contribution < 1.29 is 33.4 Å². The highest BCUT2D eigenvalue weighted by Crippen LogP contribution is 2.34. The zero-order valence-electron chi connectivity index (χ0n) is 22.6. The molecule has 0 saturated carbocycles. The average Bonchev–Trinajstić information content (AvgIpc) is 3.15. The van der Waals surface area contributed by atoms with Gasteiger partial charge < -0.3 is 20.1 Å². The number of imide groups is 1. The standard InChI is InChI=1S/C29H35N3O7/c1-5-6-17-22(23(33)25(34)30-19(2)20-13-9-7-10-14-20)31-27(36)39-24-26(35)32(18-29(24,3)4)28(37)38-21-15-11-8-12-16-21/h7-16,19,22,24H,5-6,17-18H2,1-4H3,(H,30,34)(H,31,36)/t19-,22+,24-/m1/s1. The van der Waals surface area contributed by atoms with Crippen LogP contribution < -0.4 is 15.4 Å². The first-order valence-corrected chi connectivity index (χ1v) is 13.0. The minimum atomic E-state index is -1.30. The number of Topliss-reactive ketones (excluding diaryl/α,β-unsaturated/α-hetero) is 1. The number of carbonyl (C=O) groups excluding carboxylic acids is 5. The Labute approximate surface area is 228 Å². The van der Waals surface area contributed by atoms with Crippen molar-refractivity contribution in [1.29, 1.82) is 0 Å². The number of carbonyl (C=O) groups is 5. The van der Waals surface area contributed by atoms with Gasteiger partial charge in [-0.05, 0) is 31.0 Å². The van der Waals surface area contributed by atoms with E-state index in [4.69, 9.17) is 9.47 Å². The van der Waals surface area contributed by atoms with Crippen LogP contribution in [0.3, 0.4) is 0 Å². The van der Waals surface area contributed by atoms with Crippen molar-refractivity contribution in [3.05, 3.63) is 66.2 Å². The maximum atomic E-state index is 13.0. The molecule has 1 saturated heterocycles. The monoisotopic (exact) mass is 537 g/mol. The fraction of sp³-hybridized carbons (Fsp3) is 0.414. The van der Waals surface area contributed by atoms with E-state index in [9.17, 15) is 24.0 Å². The Kier molecular flexibility index (Phi) is 9.81. The second-order valence-electron chi connectivity index (χ2n) is 10.2. The Morgan fingerprint density at radius 2 is 1.62 bits per heavy atom. The van der Waals surface area contributed by atoms with Gasteiger partial charge >= 0.3 is 12.2 Å². The molecule has 10 heteroatoms. The van der Waals surface area contributed by atoms with Crippen molar-refractivity contribution in [2.75, 3.05) is 6.54 Å². The maximum Gasteiger partial charge on any atom is 0.422 e. The molecule has 1 aliphatic heterocycles. The molecule has 0 radical (unpaired) electrons. The third-order valence-corrected chi connectivity index (χ3v) is 6.49. The van der Waals surface area contributed by atoms with E-state index < -0.39 is 53.4 Å². The number of nitrogens with one attached hydrogen (secondary N) is 2. The van der Waals surface area contributed by atoms with E-state index in [-0.39, 0.29) is 18.7 Å². The van der Waals surface area contributed by atoms with Crippen molar-refractivity contribution >= 4 is 29.8 Å². The van der Waals surface area contributed by atoms with Crippen LogP contribution in [-0.2, 0) is 19.1 Å². The second kappa shape index (κ2) is 13.0. The molecule has 0 aromatic heterocycles. The van der Waals surface area contributed by atoms with Gasteiger partial charge in [-0.2, -0.15) is 0 Å². The number of para-hydroxylation sites is 1. The Morgan fingerprint density at radius 1 is 1.00 bits per heavy atom. The highest BCUT2D eigenvalue weighted by molar-refractivity contribution is 6.38. The van der Waals surface area contributed by atoms with Crippen molar-refractivity contribution in [3.63, 3.8) is 0 Å². The van der Waals surface area contributed by atoms with Gasteiger partial charge in [0.15, 0.2) is 6.10 Å². The number of ketones is 1. The van der Waals surface area contributed by atoms with E-state index in [1.54, 1.807) is 51.1 Å². The van der Waals surface area contributed by atoms with Gasteiger partial charge in [-0.1, -0.05) is 82.1 Å². The van der Waals surface area contributed by atoms with E-state index in [1.165, 1.54) is 0 Å². The van der Waals surface area contributed by atoms with E-state index in [1.807, 2.05) is 37.3 Å². The predicted octanol–water partition coefficient (Wildman–Crippen LogP) is 4.15. The minimum absolute atomic E-state index is 0.0343. The number of ether oxygens (including phenoxy) is 2. The first-order valence-electron chi connectivity index (χ1n) is 13.0. The maximum absolute atomic E-state index is 13.0. The number of nitrogens with zero attached hydrogens (tertiary/aromatic N) is 1. The number of unbranched alkanes of at least 4 members (excludes halogenated alkanes) is 1. The topological polar surface area (TPSA) is 131 Å². The molecule has 0 bridgehead atoms.